The molecule has 1 fully saturated rings. The molecular formula is C21H24N4O2. The molecule has 1 saturated heterocycles. The minimum absolute atomic E-state index is 0.0638. The van der Waals surface area contributed by atoms with Gasteiger partial charge in [0.05, 0.1) is 5.52 Å². The minimum atomic E-state index is -0.0638. The maximum absolute atomic E-state index is 12.5. The van der Waals surface area contributed by atoms with Gasteiger partial charge in [-0.15, -0.1) is 0 Å². The molecule has 4 rings (SSSR count). The molecule has 3 heterocycles. The number of hydrogen-bond acceptors (Lipinski definition) is 4. The summed E-state index contributed by atoms with van der Waals surface area (Å²) in [5.74, 6) is 1.49. The first-order valence-corrected chi connectivity index (χ1v) is 9.45. The van der Waals surface area contributed by atoms with Crippen molar-refractivity contribution in [3.05, 3.63) is 59.8 Å². The summed E-state index contributed by atoms with van der Waals surface area (Å²) in [6, 6.07) is 9.43. The fourth-order valence-electron chi connectivity index (χ4n) is 3.65. The number of nitrogens with zero attached hydrogens (tertiary/aromatic N) is 3. The van der Waals surface area contributed by atoms with Crippen LogP contribution in [0.3, 0.4) is 0 Å². The van der Waals surface area contributed by atoms with Gasteiger partial charge in [0.15, 0.2) is 0 Å². The number of benzene rings is 1. The van der Waals surface area contributed by atoms with E-state index >= 15 is 0 Å². The van der Waals surface area contributed by atoms with Crippen molar-refractivity contribution in [1.82, 2.24) is 19.9 Å². The Morgan fingerprint density at radius 3 is 2.96 bits per heavy atom. The molecule has 140 valence electrons. The Morgan fingerprint density at radius 2 is 2.11 bits per heavy atom. The van der Waals surface area contributed by atoms with Crippen LogP contribution in [0, 0.1) is 6.92 Å². The lowest BCUT2D eigenvalue weighted by atomic mass is 9.99. The van der Waals surface area contributed by atoms with Crippen LogP contribution in [0.15, 0.2) is 42.7 Å². The van der Waals surface area contributed by atoms with Gasteiger partial charge in [-0.2, -0.15) is 0 Å². The number of aryl methyl sites for hydroxylation is 1. The third kappa shape index (κ3) is 3.85. The van der Waals surface area contributed by atoms with Gasteiger partial charge in [0.2, 0.25) is 0 Å². The monoisotopic (exact) mass is 364 g/mol. The summed E-state index contributed by atoms with van der Waals surface area (Å²) in [7, 11) is 0. The van der Waals surface area contributed by atoms with Crippen LogP contribution in [0.1, 0.15) is 40.6 Å². The van der Waals surface area contributed by atoms with E-state index in [0.29, 0.717) is 18.0 Å². The number of fused-ring (bicyclic) bond motifs is 1. The van der Waals surface area contributed by atoms with Gasteiger partial charge in [0.25, 0.3) is 5.91 Å². The maximum atomic E-state index is 12.5. The molecule has 0 radical (unpaired) electrons. The second kappa shape index (κ2) is 7.88. The number of carbonyl (C=O) groups excluding carboxylic acids is 1. The topological polar surface area (TPSA) is 69.0 Å². The van der Waals surface area contributed by atoms with Crippen LogP contribution in [0.5, 0.6) is 0 Å². The SMILES string of the molecule is Cc1cnc(C2CCOCC2)n1CCNC(=O)c1ccc2ncccc2c1. The van der Waals surface area contributed by atoms with Crippen molar-refractivity contribution in [2.75, 3.05) is 19.8 Å². The van der Waals surface area contributed by atoms with E-state index < -0.39 is 0 Å². The molecule has 1 aliphatic rings. The summed E-state index contributed by atoms with van der Waals surface area (Å²) in [6.45, 7) is 4.94. The van der Waals surface area contributed by atoms with Crippen LogP contribution in [-0.2, 0) is 11.3 Å². The Hall–Kier alpha value is -2.73. The summed E-state index contributed by atoms with van der Waals surface area (Å²) < 4.78 is 7.68. The van der Waals surface area contributed by atoms with Crippen LogP contribution in [-0.4, -0.2) is 40.2 Å². The first kappa shape index (κ1) is 17.7. The Morgan fingerprint density at radius 1 is 1.26 bits per heavy atom. The molecular weight excluding hydrogens is 340 g/mol. The van der Waals surface area contributed by atoms with Crippen LogP contribution in [0.2, 0.25) is 0 Å². The van der Waals surface area contributed by atoms with E-state index in [2.05, 4.69) is 26.8 Å². The first-order chi connectivity index (χ1) is 13.2. The minimum Gasteiger partial charge on any atom is -0.381 e. The van der Waals surface area contributed by atoms with Gasteiger partial charge in [0.1, 0.15) is 5.82 Å². The van der Waals surface area contributed by atoms with Crippen LogP contribution >= 0.6 is 0 Å². The average molecular weight is 364 g/mol. The molecule has 0 bridgehead atoms. The predicted molar refractivity (Wildman–Crippen MR) is 104 cm³/mol. The molecule has 0 unspecified atom stereocenters. The second-order valence-corrected chi connectivity index (χ2v) is 6.96. The lowest BCUT2D eigenvalue weighted by Crippen LogP contribution is -2.28. The summed E-state index contributed by atoms with van der Waals surface area (Å²) in [6.07, 6.45) is 5.69. The van der Waals surface area contributed by atoms with Gasteiger partial charge in [-0.25, -0.2) is 4.98 Å². The zero-order valence-electron chi connectivity index (χ0n) is 15.5. The highest BCUT2D eigenvalue weighted by Gasteiger charge is 2.21. The molecule has 0 aliphatic carbocycles. The fraction of sp³-hybridized carbons (Fsp3) is 0.381. The lowest BCUT2D eigenvalue weighted by Gasteiger charge is -2.23. The highest BCUT2D eigenvalue weighted by atomic mass is 16.5. The van der Waals surface area contributed by atoms with Crippen LogP contribution < -0.4 is 5.32 Å². The number of nitrogens with one attached hydrogen (secondary N) is 1. The summed E-state index contributed by atoms with van der Waals surface area (Å²) >= 11 is 0. The van der Waals surface area contributed by atoms with Crippen LogP contribution in [0.4, 0.5) is 0 Å². The number of pyridine rings is 1. The number of ether oxygens (including phenoxy) is 1. The van der Waals surface area contributed by atoms with Crippen LogP contribution in [0.25, 0.3) is 10.9 Å². The van der Waals surface area contributed by atoms with Gasteiger partial charge in [-0.3, -0.25) is 9.78 Å². The zero-order chi connectivity index (χ0) is 18.6. The smallest absolute Gasteiger partial charge is 0.251 e. The molecule has 1 N–H and O–H groups in total. The average Bonchev–Trinajstić information content (AvgIpc) is 3.08. The van der Waals surface area contributed by atoms with Gasteiger partial charge >= 0.3 is 0 Å². The molecule has 27 heavy (non-hydrogen) atoms. The van der Waals surface area contributed by atoms with Crippen molar-refractivity contribution in [2.24, 2.45) is 0 Å². The van der Waals surface area contributed by atoms with Crippen molar-refractivity contribution in [3.8, 4) is 0 Å². The van der Waals surface area contributed by atoms with Crippen molar-refractivity contribution < 1.29 is 9.53 Å². The number of imidazole rings is 1. The summed E-state index contributed by atoms with van der Waals surface area (Å²) in [5.41, 5.74) is 2.68. The Bertz CT molecular complexity index is 944. The third-order valence-corrected chi connectivity index (χ3v) is 5.16. The lowest BCUT2D eigenvalue weighted by molar-refractivity contribution is 0.0827. The first-order valence-electron chi connectivity index (χ1n) is 9.45. The molecule has 6 heteroatoms. The highest BCUT2D eigenvalue weighted by molar-refractivity contribution is 5.97. The molecule has 6 nitrogen and oxygen atoms in total. The van der Waals surface area contributed by atoms with E-state index in [1.54, 1.807) is 6.20 Å². The normalized spacial score (nSPS) is 15.1. The molecule has 1 aliphatic heterocycles. The Kier molecular flexibility index (Phi) is 5.16. The largest absolute Gasteiger partial charge is 0.381 e. The Labute approximate surface area is 158 Å². The summed E-state index contributed by atoms with van der Waals surface area (Å²) in [5, 5.41) is 4.00. The van der Waals surface area contributed by atoms with Gasteiger partial charge < -0.3 is 14.6 Å². The molecule has 0 spiro atoms. The van der Waals surface area contributed by atoms with Gasteiger partial charge in [-0.05, 0) is 44.0 Å². The molecule has 1 aromatic carbocycles. The van der Waals surface area contributed by atoms with Crippen molar-refractivity contribution in [2.45, 2.75) is 32.2 Å². The third-order valence-electron chi connectivity index (χ3n) is 5.16. The van der Waals surface area contributed by atoms with Gasteiger partial charge in [0, 0.05) is 61.3 Å². The fourth-order valence-corrected chi connectivity index (χ4v) is 3.65. The van der Waals surface area contributed by atoms with E-state index in [4.69, 9.17) is 4.74 Å². The molecule has 1 amide bonds. The second-order valence-electron chi connectivity index (χ2n) is 6.96. The number of aromatic nitrogens is 3. The molecule has 2 aromatic heterocycles. The van der Waals surface area contributed by atoms with Crippen molar-refractivity contribution >= 4 is 16.8 Å². The number of rotatable bonds is 5. The van der Waals surface area contributed by atoms with E-state index in [9.17, 15) is 4.79 Å². The summed E-state index contributed by atoms with van der Waals surface area (Å²) in [4.78, 5) is 21.4. The van der Waals surface area contributed by atoms with Gasteiger partial charge in [-0.1, -0.05) is 6.07 Å². The molecule has 3 aromatic rings. The predicted octanol–water partition coefficient (Wildman–Crippen LogP) is 3.06. The molecule has 0 atom stereocenters. The molecule has 0 saturated carbocycles. The standard InChI is InChI=1S/C21H24N4O2/c1-15-14-24-20(16-6-11-27-12-7-16)25(15)10-9-23-21(26)18-4-5-19-17(13-18)3-2-8-22-19/h2-5,8,13-14,16H,6-7,9-12H2,1H3,(H,23,26). The number of amides is 1. The maximum Gasteiger partial charge on any atom is 0.251 e. The zero-order valence-corrected chi connectivity index (χ0v) is 15.5. The van der Waals surface area contributed by atoms with Crippen molar-refractivity contribution in [3.63, 3.8) is 0 Å². The van der Waals surface area contributed by atoms with E-state index in [-0.39, 0.29) is 5.91 Å². The highest BCUT2D eigenvalue weighted by Crippen LogP contribution is 2.26. The Balaban J connectivity index is 1.40. The van der Waals surface area contributed by atoms with E-state index in [0.717, 1.165) is 55.0 Å². The number of carbonyl (C=O) groups is 1. The van der Waals surface area contributed by atoms with E-state index in [1.165, 1.54) is 0 Å². The quantitative estimate of drug-likeness (QED) is 0.755. The number of hydrogen-bond donors (Lipinski definition) is 1. The van der Waals surface area contributed by atoms with Crippen molar-refractivity contribution in [1.29, 1.82) is 0 Å². The van der Waals surface area contributed by atoms with E-state index in [1.807, 2.05) is 36.5 Å².